The summed E-state index contributed by atoms with van der Waals surface area (Å²) in [5.41, 5.74) is 0. The van der Waals surface area contributed by atoms with Gasteiger partial charge in [-0.15, -0.1) is 0 Å². The van der Waals surface area contributed by atoms with Gasteiger partial charge in [0.1, 0.15) is 5.78 Å². The normalized spacial score (nSPS) is 35.0. The van der Waals surface area contributed by atoms with Crippen LogP contribution in [0.2, 0.25) is 0 Å². The molecule has 0 radical (unpaired) electrons. The number of amides is 1. The minimum atomic E-state index is 0.0572. The molecule has 15 heavy (non-hydrogen) atoms. The number of hydrogen-bond donors (Lipinski definition) is 1. The van der Waals surface area contributed by atoms with E-state index >= 15 is 0 Å². The molecule has 3 atom stereocenters. The molecule has 0 spiro atoms. The number of ketones is 1. The van der Waals surface area contributed by atoms with Crippen LogP contribution < -0.4 is 5.32 Å². The summed E-state index contributed by atoms with van der Waals surface area (Å²) in [4.78, 5) is 22.2. The molecule has 84 valence electrons. The van der Waals surface area contributed by atoms with Crippen LogP contribution in [0, 0.1) is 17.8 Å². The molecular weight excluding hydrogens is 190 g/mol. The Balaban J connectivity index is 1.85. The first kappa shape index (κ1) is 10.7. The fourth-order valence-electron chi connectivity index (χ4n) is 3.22. The van der Waals surface area contributed by atoms with Gasteiger partial charge >= 0.3 is 0 Å². The third-order valence-corrected chi connectivity index (χ3v) is 3.67. The van der Waals surface area contributed by atoms with Crippen molar-refractivity contribution in [2.24, 2.45) is 17.8 Å². The van der Waals surface area contributed by atoms with E-state index in [1.54, 1.807) is 6.92 Å². The van der Waals surface area contributed by atoms with E-state index in [2.05, 4.69) is 5.32 Å². The molecule has 2 aliphatic rings. The van der Waals surface area contributed by atoms with Crippen LogP contribution in [0.4, 0.5) is 0 Å². The average Bonchev–Trinajstić information content (AvgIpc) is 2.12. The fraction of sp³-hybridized carbons (Fsp3) is 0.833. The van der Waals surface area contributed by atoms with E-state index in [1.807, 2.05) is 0 Å². The van der Waals surface area contributed by atoms with Crippen molar-refractivity contribution < 1.29 is 9.59 Å². The highest BCUT2D eigenvalue weighted by Crippen LogP contribution is 2.40. The zero-order chi connectivity index (χ0) is 10.8. The van der Waals surface area contributed by atoms with Gasteiger partial charge < -0.3 is 5.32 Å². The summed E-state index contributed by atoms with van der Waals surface area (Å²) in [6, 6.07) is 0. The summed E-state index contributed by atoms with van der Waals surface area (Å²) in [5.74, 6) is 2.31. The number of nitrogens with one attached hydrogen (secondary N) is 1. The minimum absolute atomic E-state index is 0.0572. The molecule has 2 rings (SSSR count). The topological polar surface area (TPSA) is 46.2 Å². The molecule has 2 fully saturated rings. The summed E-state index contributed by atoms with van der Waals surface area (Å²) in [7, 11) is 0. The highest BCUT2D eigenvalue weighted by molar-refractivity contribution is 5.79. The van der Waals surface area contributed by atoms with Gasteiger partial charge in [0.05, 0.1) is 0 Å². The lowest BCUT2D eigenvalue weighted by molar-refractivity contribution is -0.125. The van der Waals surface area contributed by atoms with E-state index in [1.165, 1.54) is 6.42 Å². The van der Waals surface area contributed by atoms with Gasteiger partial charge in [-0.1, -0.05) is 0 Å². The van der Waals surface area contributed by atoms with Crippen molar-refractivity contribution in [3.8, 4) is 0 Å². The third-order valence-electron chi connectivity index (χ3n) is 3.67. The first-order chi connectivity index (χ1) is 7.13. The Morgan fingerprint density at radius 3 is 2.40 bits per heavy atom. The highest BCUT2D eigenvalue weighted by Gasteiger charge is 2.34. The monoisotopic (exact) mass is 209 g/mol. The average molecular weight is 209 g/mol. The molecule has 0 aromatic carbocycles. The quantitative estimate of drug-likeness (QED) is 0.749. The number of carbonyl (C=O) groups is 2. The van der Waals surface area contributed by atoms with Gasteiger partial charge in [0.25, 0.3) is 0 Å². The largest absolute Gasteiger partial charge is 0.356 e. The number of carbonyl (C=O) groups excluding carboxylic acids is 2. The van der Waals surface area contributed by atoms with Crippen LogP contribution in [-0.2, 0) is 9.59 Å². The Morgan fingerprint density at radius 1 is 1.27 bits per heavy atom. The third kappa shape index (κ3) is 2.80. The summed E-state index contributed by atoms with van der Waals surface area (Å²) >= 11 is 0. The number of Topliss-reactive ketones (excluding diaryl/α,β-unsaturated/α-hetero) is 1. The van der Waals surface area contributed by atoms with Gasteiger partial charge in [-0.3, -0.25) is 9.59 Å². The molecule has 2 saturated carbocycles. The molecule has 2 bridgehead atoms. The zero-order valence-corrected chi connectivity index (χ0v) is 9.29. The first-order valence-corrected chi connectivity index (χ1v) is 5.89. The zero-order valence-electron chi connectivity index (χ0n) is 9.29. The van der Waals surface area contributed by atoms with E-state index in [0.717, 1.165) is 32.2 Å². The van der Waals surface area contributed by atoms with Gasteiger partial charge in [-0.25, -0.2) is 0 Å². The molecule has 2 aliphatic carbocycles. The smallest absolute Gasteiger partial charge is 0.216 e. The van der Waals surface area contributed by atoms with Crippen LogP contribution >= 0.6 is 0 Å². The van der Waals surface area contributed by atoms with Gasteiger partial charge in [0, 0.05) is 26.3 Å². The Kier molecular flexibility index (Phi) is 3.08. The number of hydrogen-bond acceptors (Lipinski definition) is 2. The second-order valence-corrected chi connectivity index (χ2v) is 5.19. The maximum absolute atomic E-state index is 11.4. The maximum Gasteiger partial charge on any atom is 0.216 e. The van der Waals surface area contributed by atoms with E-state index in [-0.39, 0.29) is 5.91 Å². The van der Waals surface area contributed by atoms with Crippen molar-refractivity contribution in [1.29, 1.82) is 0 Å². The summed E-state index contributed by atoms with van der Waals surface area (Å²) in [5, 5.41) is 2.89. The van der Waals surface area contributed by atoms with Crippen LogP contribution in [0.5, 0.6) is 0 Å². The predicted octanol–water partition coefficient (Wildman–Crippen LogP) is 1.52. The molecule has 0 aliphatic heterocycles. The lowest BCUT2D eigenvalue weighted by atomic mass is 9.67. The number of fused-ring (bicyclic) bond motifs is 2. The summed E-state index contributed by atoms with van der Waals surface area (Å²) < 4.78 is 0. The second-order valence-electron chi connectivity index (χ2n) is 5.19. The van der Waals surface area contributed by atoms with Crippen molar-refractivity contribution in [1.82, 2.24) is 5.32 Å². The molecule has 1 unspecified atom stereocenters. The van der Waals surface area contributed by atoms with Crippen LogP contribution in [-0.4, -0.2) is 18.2 Å². The van der Waals surface area contributed by atoms with Crippen molar-refractivity contribution in [3.05, 3.63) is 0 Å². The molecular formula is C12H19NO2. The first-order valence-electron chi connectivity index (χ1n) is 5.89. The van der Waals surface area contributed by atoms with Crippen molar-refractivity contribution in [2.75, 3.05) is 6.54 Å². The van der Waals surface area contributed by atoms with E-state index in [4.69, 9.17) is 0 Å². The van der Waals surface area contributed by atoms with E-state index < -0.39 is 0 Å². The Morgan fingerprint density at radius 2 is 1.87 bits per heavy atom. The lowest BCUT2D eigenvalue weighted by Crippen LogP contribution is -2.36. The molecule has 0 saturated heterocycles. The van der Waals surface area contributed by atoms with Gasteiger partial charge in [0.2, 0.25) is 5.91 Å². The SMILES string of the molecule is CC(=O)NCC1C[C@H]2CC(=O)C[C@@H](C1)C2. The fourth-order valence-corrected chi connectivity index (χ4v) is 3.22. The van der Waals surface area contributed by atoms with Crippen LogP contribution in [0.3, 0.4) is 0 Å². The Bertz CT molecular complexity index is 259. The molecule has 0 aromatic rings. The maximum atomic E-state index is 11.4. The Labute approximate surface area is 90.6 Å². The lowest BCUT2D eigenvalue weighted by Gasteiger charge is -2.38. The molecule has 3 heteroatoms. The van der Waals surface area contributed by atoms with Crippen molar-refractivity contribution >= 4 is 11.7 Å². The van der Waals surface area contributed by atoms with Gasteiger partial charge in [-0.05, 0) is 37.0 Å². The molecule has 0 heterocycles. The van der Waals surface area contributed by atoms with Crippen molar-refractivity contribution in [3.63, 3.8) is 0 Å². The van der Waals surface area contributed by atoms with Crippen molar-refractivity contribution in [2.45, 2.75) is 39.0 Å². The standard InChI is InChI=1S/C12H19NO2/c1-8(14)13-7-11-3-9-2-10(4-11)6-12(15)5-9/h9-11H,2-7H2,1H3,(H,13,14)/t9-,10+,11?. The van der Waals surface area contributed by atoms with E-state index in [0.29, 0.717) is 23.5 Å². The van der Waals surface area contributed by atoms with Gasteiger partial charge in [0.15, 0.2) is 0 Å². The van der Waals surface area contributed by atoms with E-state index in [9.17, 15) is 9.59 Å². The molecule has 3 nitrogen and oxygen atoms in total. The van der Waals surface area contributed by atoms with Crippen LogP contribution in [0.1, 0.15) is 39.0 Å². The molecule has 0 aromatic heterocycles. The summed E-state index contributed by atoms with van der Waals surface area (Å²) in [6.45, 7) is 2.36. The minimum Gasteiger partial charge on any atom is -0.356 e. The van der Waals surface area contributed by atoms with Crippen LogP contribution in [0.15, 0.2) is 0 Å². The number of rotatable bonds is 2. The van der Waals surface area contributed by atoms with Crippen LogP contribution in [0.25, 0.3) is 0 Å². The predicted molar refractivity (Wildman–Crippen MR) is 57.2 cm³/mol. The second kappa shape index (κ2) is 4.33. The molecule has 1 amide bonds. The van der Waals surface area contributed by atoms with Gasteiger partial charge in [-0.2, -0.15) is 0 Å². The highest BCUT2D eigenvalue weighted by atomic mass is 16.1. The Hall–Kier alpha value is -0.860. The summed E-state index contributed by atoms with van der Waals surface area (Å²) in [6.07, 6.45) is 5.06. The molecule has 1 N–H and O–H groups in total.